The highest BCUT2D eigenvalue weighted by molar-refractivity contribution is 7.92. The molecule has 0 fully saturated rings. The first-order chi connectivity index (χ1) is 16.3. The van der Waals surface area contributed by atoms with E-state index in [1.165, 1.54) is 35.9 Å². The van der Waals surface area contributed by atoms with E-state index in [0.29, 0.717) is 16.8 Å². The predicted octanol–water partition coefficient (Wildman–Crippen LogP) is 4.40. The average Bonchev–Trinajstić information content (AvgIpc) is 3.11. The highest BCUT2D eigenvalue weighted by Crippen LogP contribution is 2.37. The monoisotopic (exact) mass is 478 g/mol. The smallest absolute Gasteiger partial charge is 0.285 e. The maximum Gasteiger partial charge on any atom is 0.285 e. The summed E-state index contributed by atoms with van der Waals surface area (Å²) in [6.45, 7) is -0.576. The number of ether oxygens (including phenoxy) is 1. The lowest BCUT2D eigenvalue weighted by molar-refractivity contribution is -0.116. The zero-order valence-electron chi connectivity index (χ0n) is 18.5. The number of hydrogen-bond acceptors (Lipinski definition) is 6. The van der Waals surface area contributed by atoms with Crippen LogP contribution >= 0.6 is 0 Å². The van der Waals surface area contributed by atoms with Gasteiger partial charge in [0.05, 0.1) is 23.2 Å². The van der Waals surface area contributed by atoms with E-state index >= 15 is 0 Å². The summed E-state index contributed by atoms with van der Waals surface area (Å²) in [7, 11) is -0.947. The number of hydrogen-bond donors (Lipinski definition) is 1. The number of aromatic nitrogens is 1. The van der Waals surface area contributed by atoms with Gasteiger partial charge in [-0.05, 0) is 42.5 Å². The summed E-state index contributed by atoms with van der Waals surface area (Å²) in [6.07, 6.45) is 0. The van der Waals surface area contributed by atoms with Gasteiger partial charge in [0, 0.05) is 12.4 Å². The number of nitrogens with zero attached hydrogens (tertiary/aromatic N) is 4. The third-order valence-corrected chi connectivity index (χ3v) is 7.07. The van der Waals surface area contributed by atoms with E-state index in [9.17, 15) is 18.3 Å². The lowest BCUT2D eigenvalue weighted by Crippen LogP contribution is -2.35. The summed E-state index contributed by atoms with van der Waals surface area (Å²) in [4.78, 5) is 12.8. The predicted molar refractivity (Wildman–Crippen MR) is 128 cm³/mol. The summed E-state index contributed by atoms with van der Waals surface area (Å²) in [5, 5.41) is 18.7. The zero-order valence-corrected chi connectivity index (χ0v) is 19.3. The Morgan fingerprint density at radius 1 is 1.00 bits per heavy atom. The molecule has 0 aliphatic carbocycles. The highest BCUT2D eigenvalue weighted by Gasteiger charge is 2.27. The van der Waals surface area contributed by atoms with Crippen molar-refractivity contribution in [2.75, 3.05) is 18.0 Å². The fourth-order valence-corrected chi connectivity index (χ4v) is 4.92. The molecule has 1 amide bonds. The van der Waals surface area contributed by atoms with E-state index in [1.54, 1.807) is 55.6 Å². The van der Waals surface area contributed by atoms with Gasteiger partial charge in [0.15, 0.2) is 5.69 Å². The topological polar surface area (TPSA) is 114 Å². The molecule has 0 atom stereocenters. The van der Waals surface area contributed by atoms with Crippen LogP contribution in [0.15, 0.2) is 94.0 Å². The Morgan fingerprint density at radius 2 is 1.65 bits per heavy atom. The van der Waals surface area contributed by atoms with Crippen LogP contribution in [0.2, 0.25) is 0 Å². The summed E-state index contributed by atoms with van der Waals surface area (Å²) in [5.74, 6) is -0.443. The Hall–Kier alpha value is -4.18. The number of aromatic hydroxyl groups is 1. The molecular formula is C24H22N4O5S. The fourth-order valence-electron chi connectivity index (χ4n) is 3.50. The number of carbonyl (C=O) groups is 1. The number of sulfonamides is 1. The number of para-hydroxylation sites is 2. The number of aryl methyl sites for hydroxylation is 1. The van der Waals surface area contributed by atoms with Gasteiger partial charge in [-0.1, -0.05) is 36.4 Å². The third kappa shape index (κ3) is 4.35. The van der Waals surface area contributed by atoms with Crippen molar-refractivity contribution in [3.8, 4) is 11.6 Å². The number of benzene rings is 3. The van der Waals surface area contributed by atoms with Gasteiger partial charge in [0.2, 0.25) is 5.88 Å². The molecule has 0 aliphatic rings. The molecule has 4 aromatic rings. The molecule has 174 valence electrons. The van der Waals surface area contributed by atoms with Gasteiger partial charge in [-0.2, -0.15) is 0 Å². The van der Waals surface area contributed by atoms with Crippen molar-refractivity contribution in [2.45, 2.75) is 4.90 Å². The first kappa shape index (κ1) is 23.0. The number of rotatable bonds is 7. The van der Waals surface area contributed by atoms with E-state index in [2.05, 4.69) is 10.2 Å². The van der Waals surface area contributed by atoms with E-state index < -0.39 is 22.5 Å². The summed E-state index contributed by atoms with van der Waals surface area (Å²) >= 11 is 0. The lowest BCUT2D eigenvalue weighted by Gasteiger charge is -2.23. The number of carbonyl (C=O) groups excluding carboxylic acids is 1. The average molecular weight is 479 g/mol. The largest absolute Gasteiger partial charge is 0.497 e. The summed E-state index contributed by atoms with van der Waals surface area (Å²) in [6, 6.07) is 21.3. The normalized spacial score (nSPS) is 11.7. The molecule has 34 heavy (non-hydrogen) atoms. The number of anilines is 1. The second-order valence-corrected chi connectivity index (χ2v) is 9.23. The molecule has 10 heteroatoms. The molecule has 3 aromatic carbocycles. The van der Waals surface area contributed by atoms with Gasteiger partial charge in [0.25, 0.3) is 15.9 Å². The van der Waals surface area contributed by atoms with Crippen LogP contribution in [0.5, 0.6) is 11.6 Å². The minimum absolute atomic E-state index is 0.00594. The van der Waals surface area contributed by atoms with E-state index in [4.69, 9.17) is 4.74 Å². The van der Waals surface area contributed by atoms with Gasteiger partial charge in [-0.15, -0.1) is 10.2 Å². The Morgan fingerprint density at radius 3 is 2.32 bits per heavy atom. The Labute approximate surface area is 196 Å². The van der Waals surface area contributed by atoms with Crippen molar-refractivity contribution in [1.29, 1.82) is 0 Å². The molecule has 0 bridgehead atoms. The molecule has 0 aliphatic heterocycles. The van der Waals surface area contributed by atoms with Crippen molar-refractivity contribution in [2.24, 2.45) is 17.3 Å². The van der Waals surface area contributed by atoms with E-state index in [0.717, 1.165) is 9.82 Å². The van der Waals surface area contributed by atoms with Crippen molar-refractivity contribution < 1.29 is 23.1 Å². The first-order valence-electron chi connectivity index (χ1n) is 10.3. The molecule has 0 unspecified atom stereocenters. The van der Waals surface area contributed by atoms with Crippen molar-refractivity contribution >= 4 is 38.2 Å². The molecule has 0 saturated heterocycles. The second-order valence-electron chi connectivity index (χ2n) is 7.36. The Balaban J connectivity index is 1.66. The molecule has 0 radical (unpaired) electrons. The molecule has 0 spiro atoms. The molecule has 1 aromatic heterocycles. The molecule has 4 rings (SSSR count). The maximum absolute atomic E-state index is 13.4. The van der Waals surface area contributed by atoms with Crippen molar-refractivity contribution in [1.82, 2.24) is 4.57 Å². The van der Waals surface area contributed by atoms with Gasteiger partial charge in [0.1, 0.15) is 12.3 Å². The third-order valence-electron chi connectivity index (χ3n) is 5.28. The quantitative estimate of drug-likeness (QED) is 0.396. The second kappa shape index (κ2) is 9.36. The molecule has 9 nitrogen and oxygen atoms in total. The Kier molecular flexibility index (Phi) is 6.33. The van der Waals surface area contributed by atoms with Crippen LogP contribution in [0.25, 0.3) is 10.9 Å². The molecule has 1 heterocycles. The zero-order chi connectivity index (χ0) is 24.3. The van der Waals surface area contributed by atoms with Crippen LogP contribution in [-0.2, 0) is 21.9 Å². The number of amides is 1. The van der Waals surface area contributed by atoms with Gasteiger partial charge < -0.3 is 14.4 Å². The van der Waals surface area contributed by atoms with E-state index in [1.807, 2.05) is 6.07 Å². The van der Waals surface area contributed by atoms with Gasteiger partial charge in [-0.25, -0.2) is 8.42 Å². The van der Waals surface area contributed by atoms with Crippen LogP contribution in [0, 0.1) is 0 Å². The van der Waals surface area contributed by atoms with Crippen LogP contribution < -0.4 is 9.04 Å². The first-order valence-corrected chi connectivity index (χ1v) is 11.7. The molecule has 0 saturated carbocycles. The summed E-state index contributed by atoms with van der Waals surface area (Å²) < 4.78 is 34.4. The fraction of sp³-hybridized carbons (Fsp3) is 0.125. The van der Waals surface area contributed by atoms with Gasteiger partial charge >= 0.3 is 0 Å². The van der Waals surface area contributed by atoms with Gasteiger partial charge in [-0.3, -0.25) is 9.10 Å². The van der Waals surface area contributed by atoms with Crippen molar-refractivity contribution in [3.05, 3.63) is 78.9 Å². The van der Waals surface area contributed by atoms with E-state index in [-0.39, 0.29) is 16.5 Å². The maximum atomic E-state index is 13.4. The number of azo groups is 1. The highest BCUT2D eigenvalue weighted by atomic mass is 32.2. The van der Waals surface area contributed by atoms with Crippen molar-refractivity contribution in [3.63, 3.8) is 0 Å². The number of fused-ring (bicyclic) bond motifs is 1. The SMILES string of the molecule is COc1ccc(S(=O)(=O)N(CC(=O)N=Nc2c(O)n(C)c3ccccc23)c2ccccc2)cc1. The molecular weight excluding hydrogens is 456 g/mol. The number of methoxy groups -OCH3 is 1. The van der Waals surface area contributed by atoms with Crippen LogP contribution in [0.1, 0.15) is 0 Å². The Bertz CT molecular complexity index is 1460. The van der Waals surface area contributed by atoms with Crippen LogP contribution in [-0.4, -0.2) is 37.7 Å². The minimum atomic E-state index is -4.09. The molecule has 1 N–H and O–H groups in total. The standard InChI is InChI=1S/C24H22N4O5S/c1-27-21-11-7-6-10-20(21)23(24(27)30)26-25-22(29)16-28(17-8-4-3-5-9-17)34(31,32)19-14-12-18(33-2)13-15-19/h3-15,30H,16H2,1-2H3. The van der Waals surface area contributed by atoms with Crippen LogP contribution in [0.3, 0.4) is 0 Å². The lowest BCUT2D eigenvalue weighted by atomic mass is 10.2. The van der Waals surface area contributed by atoms with Crippen LogP contribution in [0.4, 0.5) is 11.4 Å². The summed E-state index contributed by atoms with van der Waals surface area (Å²) in [5.41, 5.74) is 1.15. The minimum Gasteiger partial charge on any atom is -0.497 e.